The van der Waals surface area contributed by atoms with Crippen LogP contribution in [0, 0.1) is 23.2 Å². The Morgan fingerprint density at radius 3 is 2.74 bits per heavy atom. The molecule has 2 heteroatoms. The van der Waals surface area contributed by atoms with Gasteiger partial charge in [-0.15, -0.1) is 0 Å². The number of rotatable bonds is 4. The van der Waals surface area contributed by atoms with Crippen molar-refractivity contribution in [2.45, 2.75) is 45.6 Å². The van der Waals surface area contributed by atoms with Crippen molar-refractivity contribution in [1.29, 1.82) is 5.26 Å². The smallest absolute Gasteiger partial charge is 0.0991 e. The summed E-state index contributed by atoms with van der Waals surface area (Å²) in [6.45, 7) is 5.65. The summed E-state index contributed by atoms with van der Waals surface area (Å²) in [7, 11) is 0. The molecule has 1 aliphatic carbocycles. The standard InChI is InChI=1S/C17H24N2/c1-13-6-8-15(9-7-13)12-19-14(2)17-5-3-4-16(10-17)11-18/h3-5,10,13-15,19H,6-9,12H2,1-2H3. The van der Waals surface area contributed by atoms with Gasteiger partial charge in [0, 0.05) is 6.04 Å². The zero-order valence-corrected chi connectivity index (χ0v) is 12.0. The molecule has 1 aliphatic rings. The molecular formula is C17H24N2. The third kappa shape index (κ3) is 4.08. The molecule has 0 amide bonds. The molecule has 1 aromatic rings. The van der Waals surface area contributed by atoms with Crippen LogP contribution in [0.3, 0.4) is 0 Å². The van der Waals surface area contributed by atoms with Crippen molar-refractivity contribution in [3.63, 3.8) is 0 Å². The molecule has 0 spiro atoms. The Kier molecular flexibility index (Phi) is 4.99. The maximum Gasteiger partial charge on any atom is 0.0991 e. The second-order valence-electron chi connectivity index (χ2n) is 5.99. The van der Waals surface area contributed by atoms with Crippen LogP contribution < -0.4 is 5.32 Å². The zero-order valence-electron chi connectivity index (χ0n) is 12.0. The minimum atomic E-state index is 0.327. The van der Waals surface area contributed by atoms with Crippen molar-refractivity contribution >= 4 is 0 Å². The molecule has 0 aromatic heterocycles. The molecule has 1 atom stereocenters. The second-order valence-corrected chi connectivity index (χ2v) is 5.99. The van der Waals surface area contributed by atoms with Crippen LogP contribution in [-0.2, 0) is 0 Å². The van der Waals surface area contributed by atoms with Gasteiger partial charge in [0.1, 0.15) is 0 Å². The van der Waals surface area contributed by atoms with E-state index < -0.39 is 0 Å². The summed E-state index contributed by atoms with van der Waals surface area (Å²) < 4.78 is 0. The maximum atomic E-state index is 8.93. The molecule has 0 heterocycles. The SMILES string of the molecule is CC1CCC(CNC(C)c2cccc(C#N)c2)CC1. The highest BCUT2D eigenvalue weighted by molar-refractivity contribution is 5.33. The lowest BCUT2D eigenvalue weighted by molar-refractivity contribution is 0.276. The van der Waals surface area contributed by atoms with Gasteiger partial charge in [0.25, 0.3) is 0 Å². The van der Waals surface area contributed by atoms with Gasteiger partial charge in [0.2, 0.25) is 0 Å². The Balaban J connectivity index is 1.84. The summed E-state index contributed by atoms with van der Waals surface area (Å²) >= 11 is 0. The number of hydrogen-bond donors (Lipinski definition) is 1. The van der Waals surface area contributed by atoms with Gasteiger partial charge in [0.15, 0.2) is 0 Å². The van der Waals surface area contributed by atoms with Gasteiger partial charge in [-0.25, -0.2) is 0 Å². The summed E-state index contributed by atoms with van der Waals surface area (Å²) in [5.41, 5.74) is 1.96. The molecule has 0 radical (unpaired) electrons. The quantitative estimate of drug-likeness (QED) is 0.882. The van der Waals surface area contributed by atoms with E-state index in [2.05, 4.69) is 31.3 Å². The van der Waals surface area contributed by atoms with E-state index in [0.29, 0.717) is 6.04 Å². The summed E-state index contributed by atoms with van der Waals surface area (Å²) in [5, 5.41) is 12.6. The summed E-state index contributed by atoms with van der Waals surface area (Å²) in [6.07, 6.45) is 5.48. The molecule has 1 aromatic carbocycles. The largest absolute Gasteiger partial charge is 0.310 e. The van der Waals surface area contributed by atoms with Crippen LogP contribution in [0.15, 0.2) is 24.3 Å². The summed E-state index contributed by atoms with van der Waals surface area (Å²) in [6, 6.07) is 10.4. The third-order valence-corrected chi connectivity index (χ3v) is 4.36. The molecule has 1 saturated carbocycles. The van der Waals surface area contributed by atoms with Crippen molar-refractivity contribution in [3.8, 4) is 6.07 Å². The lowest BCUT2D eigenvalue weighted by Crippen LogP contribution is -2.28. The predicted molar refractivity (Wildman–Crippen MR) is 78.7 cm³/mol. The van der Waals surface area contributed by atoms with Crippen LogP contribution in [0.2, 0.25) is 0 Å². The average Bonchev–Trinajstić information content (AvgIpc) is 2.46. The fourth-order valence-electron chi connectivity index (χ4n) is 2.87. The van der Waals surface area contributed by atoms with Crippen LogP contribution in [-0.4, -0.2) is 6.54 Å². The van der Waals surface area contributed by atoms with Crippen molar-refractivity contribution in [2.75, 3.05) is 6.54 Å². The Morgan fingerprint density at radius 1 is 1.32 bits per heavy atom. The normalized spacial score (nSPS) is 24.7. The van der Waals surface area contributed by atoms with E-state index in [-0.39, 0.29) is 0 Å². The number of nitriles is 1. The molecule has 1 unspecified atom stereocenters. The highest BCUT2D eigenvalue weighted by Crippen LogP contribution is 2.28. The molecule has 102 valence electrons. The number of nitrogens with zero attached hydrogens (tertiary/aromatic N) is 1. The van der Waals surface area contributed by atoms with E-state index >= 15 is 0 Å². The van der Waals surface area contributed by atoms with E-state index in [9.17, 15) is 0 Å². The van der Waals surface area contributed by atoms with E-state index in [1.54, 1.807) is 0 Å². The topological polar surface area (TPSA) is 35.8 Å². The maximum absolute atomic E-state index is 8.93. The summed E-state index contributed by atoms with van der Waals surface area (Å²) in [5.74, 6) is 1.75. The molecule has 1 fully saturated rings. The Bertz CT molecular complexity index is 439. The van der Waals surface area contributed by atoms with E-state index in [0.717, 1.165) is 23.9 Å². The minimum absolute atomic E-state index is 0.327. The molecule has 19 heavy (non-hydrogen) atoms. The van der Waals surface area contributed by atoms with Gasteiger partial charge in [-0.2, -0.15) is 5.26 Å². The van der Waals surface area contributed by atoms with Gasteiger partial charge in [-0.1, -0.05) is 31.9 Å². The monoisotopic (exact) mass is 256 g/mol. The number of hydrogen-bond acceptors (Lipinski definition) is 2. The molecular weight excluding hydrogens is 232 g/mol. The van der Waals surface area contributed by atoms with Gasteiger partial charge in [-0.05, 0) is 55.8 Å². The van der Waals surface area contributed by atoms with Crippen molar-refractivity contribution in [3.05, 3.63) is 35.4 Å². The number of nitrogens with one attached hydrogen (secondary N) is 1. The predicted octanol–water partition coefficient (Wildman–Crippen LogP) is 4.04. The molecule has 2 nitrogen and oxygen atoms in total. The van der Waals surface area contributed by atoms with Crippen LogP contribution in [0.5, 0.6) is 0 Å². The molecule has 1 N–H and O–H groups in total. The van der Waals surface area contributed by atoms with Gasteiger partial charge < -0.3 is 5.32 Å². The van der Waals surface area contributed by atoms with Crippen molar-refractivity contribution < 1.29 is 0 Å². The van der Waals surface area contributed by atoms with Crippen LogP contribution >= 0.6 is 0 Å². The van der Waals surface area contributed by atoms with E-state index in [1.807, 2.05) is 18.2 Å². The first kappa shape index (κ1) is 14.1. The number of benzene rings is 1. The van der Waals surface area contributed by atoms with Crippen LogP contribution in [0.25, 0.3) is 0 Å². The lowest BCUT2D eigenvalue weighted by atomic mass is 9.83. The Labute approximate surface area is 116 Å². The summed E-state index contributed by atoms with van der Waals surface area (Å²) in [4.78, 5) is 0. The highest BCUT2D eigenvalue weighted by atomic mass is 14.9. The molecule has 2 rings (SSSR count). The molecule has 0 bridgehead atoms. The van der Waals surface area contributed by atoms with Crippen molar-refractivity contribution in [2.24, 2.45) is 11.8 Å². The van der Waals surface area contributed by atoms with Crippen molar-refractivity contribution in [1.82, 2.24) is 5.32 Å². The van der Waals surface area contributed by atoms with E-state index in [4.69, 9.17) is 5.26 Å². The molecule has 0 saturated heterocycles. The first-order valence-electron chi connectivity index (χ1n) is 7.42. The molecule has 0 aliphatic heterocycles. The zero-order chi connectivity index (χ0) is 13.7. The Hall–Kier alpha value is -1.33. The first-order chi connectivity index (χ1) is 9.19. The van der Waals surface area contributed by atoms with Crippen LogP contribution in [0.1, 0.15) is 56.7 Å². The van der Waals surface area contributed by atoms with E-state index in [1.165, 1.54) is 31.2 Å². The average molecular weight is 256 g/mol. The first-order valence-corrected chi connectivity index (χ1v) is 7.42. The van der Waals surface area contributed by atoms with Gasteiger partial charge >= 0.3 is 0 Å². The fraction of sp³-hybridized carbons (Fsp3) is 0.588. The lowest BCUT2D eigenvalue weighted by Gasteiger charge is -2.27. The minimum Gasteiger partial charge on any atom is -0.310 e. The highest BCUT2D eigenvalue weighted by Gasteiger charge is 2.18. The van der Waals surface area contributed by atoms with Crippen LogP contribution in [0.4, 0.5) is 0 Å². The fourth-order valence-corrected chi connectivity index (χ4v) is 2.87. The van der Waals surface area contributed by atoms with Gasteiger partial charge in [-0.3, -0.25) is 0 Å². The third-order valence-electron chi connectivity index (χ3n) is 4.36. The second kappa shape index (κ2) is 6.73. The van der Waals surface area contributed by atoms with Gasteiger partial charge in [0.05, 0.1) is 11.6 Å². The Morgan fingerprint density at radius 2 is 2.05 bits per heavy atom.